The number of aromatic nitrogens is 4. The summed E-state index contributed by atoms with van der Waals surface area (Å²) in [6.45, 7) is 3.66. The predicted molar refractivity (Wildman–Crippen MR) is 107 cm³/mol. The normalized spacial score (nSPS) is 13.4. The number of hydrogen-bond acceptors (Lipinski definition) is 5. The maximum absolute atomic E-state index is 12.9. The minimum Gasteiger partial charge on any atom is -0.491 e. The van der Waals surface area contributed by atoms with Crippen LogP contribution in [-0.2, 0) is 11.8 Å². The van der Waals surface area contributed by atoms with Crippen molar-refractivity contribution in [1.82, 2.24) is 19.3 Å². The summed E-state index contributed by atoms with van der Waals surface area (Å²) in [4.78, 5) is 29.2. The number of carbonyl (C=O) groups excluding carboxylic acids is 1. The Bertz CT molecular complexity index is 1080. The van der Waals surface area contributed by atoms with Crippen molar-refractivity contribution in [1.29, 1.82) is 0 Å². The number of benzene rings is 1. The van der Waals surface area contributed by atoms with Crippen LogP contribution in [0.5, 0.6) is 5.75 Å². The van der Waals surface area contributed by atoms with Crippen molar-refractivity contribution in [2.75, 3.05) is 0 Å². The Morgan fingerprint density at radius 2 is 2.11 bits per heavy atom. The van der Waals surface area contributed by atoms with Crippen LogP contribution in [0.1, 0.15) is 31.5 Å². The maximum Gasteiger partial charge on any atom is 0.280 e. The van der Waals surface area contributed by atoms with E-state index in [2.05, 4.69) is 10.1 Å². The fourth-order valence-corrected chi connectivity index (χ4v) is 3.38. The number of primary amides is 1. The average Bonchev–Trinajstić information content (AvgIpc) is 2.91. The zero-order valence-corrected chi connectivity index (χ0v) is 16.7. The predicted octanol–water partition coefficient (Wildman–Crippen LogP) is 2.37. The van der Waals surface area contributed by atoms with Gasteiger partial charge in [-0.15, -0.1) is 0 Å². The highest BCUT2D eigenvalue weighted by atomic mass is 35.5. The van der Waals surface area contributed by atoms with Crippen LogP contribution in [0.25, 0.3) is 11.0 Å². The Balaban J connectivity index is 1.80. The summed E-state index contributed by atoms with van der Waals surface area (Å²) in [6.07, 6.45) is 2.00. The molecule has 2 unspecified atom stereocenters. The molecule has 3 rings (SSSR count). The van der Waals surface area contributed by atoms with Crippen LogP contribution in [0.4, 0.5) is 0 Å². The van der Waals surface area contributed by atoms with Gasteiger partial charge in [0.25, 0.3) is 5.56 Å². The smallest absolute Gasteiger partial charge is 0.280 e. The molecular formula is C19H22ClN5O3. The van der Waals surface area contributed by atoms with E-state index in [9.17, 15) is 9.59 Å². The topological polar surface area (TPSA) is 105 Å². The van der Waals surface area contributed by atoms with E-state index in [0.717, 1.165) is 0 Å². The van der Waals surface area contributed by atoms with E-state index in [1.54, 1.807) is 38.2 Å². The van der Waals surface area contributed by atoms with E-state index in [0.29, 0.717) is 40.3 Å². The molecule has 1 amide bonds. The van der Waals surface area contributed by atoms with Gasteiger partial charge in [-0.3, -0.25) is 18.8 Å². The van der Waals surface area contributed by atoms with Gasteiger partial charge >= 0.3 is 0 Å². The molecule has 0 fully saturated rings. The second-order valence-corrected chi connectivity index (χ2v) is 7.18. The lowest BCUT2D eigenvalue weighted by molar-refractivity contribution is -0.121. The summed E-state index contributed by atoms with van der Waals surface area (Å²) in [6, 6.07) is 6.26. The molecule has 2 heterocycles. The van der Waals surface area contributed by atoms with E-state index >= 15 is 0 Å². The Kier molecular flexibility index (Phi) is 5.69. The first-order chi connectivity index (χ1) is 13.3. The molecule has 148 valence electrons. The Labute approximate surface area is 166 Å². The van der Waals surface area contributed by atoms with Crippen molar-refractivity contribution in [3.8, 4) is 5.75 Å². The lowest BCUT2D eigenvalue weighted by atomic mass is 10.1. The average molecular weight is 404 g/mol. The number of halogens is 1. The Hall–Kier alpha value is -2.87. The molecule has 0 aliphatic carbocycles. The lowest BCUT2D eigenvalue weighted by Gasteiger charge is -2.20. The summed E-state index contributed by atoms with van der Waals surface area (Å²) in [5.74, 6) is 0.0401. The van der Waals surface area contributed by atoms with Gasteiger partial charge in [-0.05, 0) is 44.9 Å². The molecule has 9 heteroatoms. The quantitative estimate of drug-likeness (QED) is 0.652. The zero-order chi connectivity index (χ0) is 20.4. The van der Waals surface area contributed by atoms with Crippen molar-refractivity contribution in [2.24, 2.45) is 12.8 Å². The number of nitrogens with zero attached hydrogens (tertiary/aromatic N) is 4. The minimum atomic E-state index is -0.829. The third-order valence-corrected chi connectivity index (χ3v) is 4.82. The van der Waals surface area contributed by atoms with Crippen LogP contribution in [0.2, 0.25) is 5.02 Å². The summed E-state index contributed by atoms with van der Waals surface area (Å²) < 4.78 is 8.58. The van der Waals surface area contributed by atoms with E-state index in [1.165, 1.54) is 15.6 Å². The fraction of sp³-hybridized carbons (Fsp3) is 0.368. The highest BCUT2D eigenvalue weighted by molar-refractivity contribution is 6.30. The number of amides is 1. The Morgan fingerprint density at radius 3 is 2.79 bits per heavy atom. The number of fused-ring (bicyclic) bond motifs is 1. The number of rotatable bonds is 7. The van der Waals surface area contributed by atoms with Gasteiger partial charge in [-0.2, -0.15) is 5.10 Å². The molecule has 0 aliphatic heterocycles. The van der Waals surface area contributed by atoms with Gasteiger partial charge in [-0.25, -0.2) is 4.98 Å². The molecule has 0 aliphatic rings. The van der Waals surface area contributed by atoms with Crippen LogP contribution < -0.4 is 16.0 Å². The number of nitrogens with two attached hydrogens (primary N) is 1. The van der Waals surface area contributed by atoms with E-state index in [1.807, 2.05) is 6.92 Å². The van der Waals surface area contributed by atoms with Gasteiger partial charge in [0.1, 0.15) is 17.3 Å². The van der Waals surface area contributed by atoms with Crippen molar-refractivity contribution in [3.63, 3.8) is 0 Å². The molecule has 2 N–H and O–H groups in total. The molecule has 0 saturated carbocycles. The fourth-order valence-electron chi connectivity index (χ4n) is 3.20. The zero-order valence-electron chi connectivity index (χ0n) is 15.9. The van der Waals surface area contributed by atoms with Gasteiger partial charge in [0.15, 0.2) is 5.52 Å². The molecule has 0 spiro atoms. The standard InChI is InChI=1S/C19H22ClN5O3/c1-11(28-14-6-4-5-13(20)9-14)7-8-15(18(21)26)25-10-22-16-12(2)23-24(3)17(16)19(25)27/h4-6,9-11,15H,7-8H2,1-3H3,(H2,21,26). The van der Waals surface area contributed by atoms with Crippen molar-refractivity contribution in [2.45, 2.75) is 38.8 Å². The third kappa shape index (κ3) is 4.01. The highest BCUT2D eigenvalue weighted by Gasteiger charge is 2.23. The van der Waals surface area contributed by atoms with Crippen LogP contribution >= 0.6 is 11.6 Å². The maximum atomic E-state index is 12.9. The first kappa shape index (κ1) is 19.9. The van der Waals surface area contributed by atoms with Crippen LogP contribution in [0.3, 0.4) is 0 Å². The molecule has 28 heavy (non-hydrogen) atoms. The van der Waals surface area contributed by atoms with Crippen molar-refractivity contribution < 1.29 is 9.53 Å². The van der Waals surface area contributed by atoms with Gasteiger partial charge in [-0.1, -0.05) is 17.7 Å². The molecule has 3 aromatic rings. The molecular weight excluding hydrogens is 382 g/mol. The summed E-state index contributed by atoms with van der Waals surface area (Å²) in [7, 11) is 1.67. The van der Waals surface area contributed by atoms with Gasteiger partial charge in [0.05, 0.1) is 18.1 Å². The van der Waals surface area contributed by atoms with Crippen molar-refractivity contribution >= 4 is 28.5 Å². The number of carbonyl (C=O) groups is 1. The van der Waals surface area contributed by atoms with Gasteiger partial charge < -0.3 is 10.5 Å². The van der Waals surface area contributed by atoms with Crippen LogP contribution in [-0.4, -0.2) is 31.3 Å². The van der Waals surface area contributed by atoms with Crippen LogP contribution in [0, 0.1) is 6.92 Å². The van der Waals surface area contributed by atoms with Crippen LogP contribution in [0.15, 0.2) is 35.4 Å². The largest absolute Gasteiger partial charge is 0.491 e. The molecule has 2 atom stereocenters. The molecule has 8 nitrogen and oxygen atoms in total. The number of ether oxygens (including phenoxy) is 1. The molecule has 0 radical (unpaired) electrons. The molecule has 2 aromatic heterocycles. The minimum absolute atomic E-state index is 0.202. The summed E-state index contributed by atoms with van der Waals surface area (Å²) in [5, 5.41) is 4.80. The molecule has 1 aromatic carbocycles. The monoisotopic (exact) mass is 403 g/mol. The van der Waals surface area contributed by atoms with E-state index < -0.39 is 11.9 Å². The SMILES string of the molecule is Cc1nn(C)c2c(=O)n(C(CCC(C)Oc3cccc(Cl)c3)C(N)=O)cnc12. The second-order valence-electron chi connectivity index (χ2n) is 6.74. The number of hydrogen-bond donors (Lipinski definition) is 1. The van der Waals surface area contributed by atoms with Crippen molar-refractivity contribution in [3.05, 3.63) is 51.7 Å². The van der Waals surface area contributed by atoms with E-state index in [-0.39, 0.29) is 11.7 Å². The molecule has 0 bridgehead atoms. The first-order valence-corrected chi connectivity index (χ1v) is 9.27. The lowest BCUT2D eigenvalue weighted by Crippen LogP contribution is -2.35. The summed E-state index contributed by atoms with van der Waals surface area (Å²) >= 11 is 5.96. The highest BCUT2D eigenvalue weighted by Crippen LogP contribution is 2.21. The first-order valence-electron chi connectivity index (χ1n) is 8.90. The number of aryl methyl sites for hydroxylation is 2. The summed E-state index contributed by atoms with van der Waals surface area (Å²) in [5.41, 5.74) is 6.74. The van der Waals surface area contributed by atoms with Gasteiger partial charge in [0.2, 0.25) is 5.91 Å². The second kappa shape index (κ2) is 8.02. The molecule has 0 saturated heterocycles. The van der Waals surface area contributed by atoms with Gasteiger partial charge in [0, 0.05) is 12.1 Å². The van der Waals surface area contributed by atoms with E-state index in [4.69, 9.17) is 22.1 Å². The Morgan fingerprint density at radius 1 is 1.36 bits per heavy atom. The third-order valence-electron chi connectivity index (χ3n) is 4.58.